The summed E-state index contributed by atoms with van der Waals surface area (Å²) in [6, 6.07) is 4.87. The highest BCUT2D eigenvalue weighted by molar-refractivity contribution is 7.98. The number of aliphatic hydroxyl groups is 1. The van der Waals surface area contributed by atoms with Crippen molar-refractivity contribution in [2.24, 2.45) is 0 Å². The van der Waals surface area contributed by atoms with Gasteiger partial charge in [-0.1, -0.05) is 6.07 Å². The molecule has 0 saturated carbocycles. The van der Waals surface area contributed by atoms with Gasteiger partial charge in [0.05, 0.1) is 38.9 Å². The van der Waals surface area contributed by atoms with Crippen molar-refractivity contribution in [3.8, 4) is 28.4 Å². The molecule has 2 aromatic carbocycles. The number of methoxy groups -OCH3 is 3. The minimum atomic E-state index is -0.372. The highest BCUT2D eigenvalue weighted by atomic mass is 32.2. The zero-order chi connectivity index (χ0) is 22.7. The fourth-order valence-electron chi connectivity index (χ4n) is 4.25. The SMILES string of the molecule is COc1c(CO)c2c(c(OC)c1OC)-c1ccc(SC)c(=O)cc1[C@H](NC(C)=O)CC2. The number of carbonyl (C=O) groups excluding carboxylic acids is 1. The van der Waals surface area contributed by atoms with Gasteiger partial charge in [-0.2, -0.15) is 0 Å². The molecule has 0 spiro atoms. The third-order valence-electron chi connectivity index (χ3n) is 5.52. The van der Waals surface area contributed by atoms with E-state index >= 15 is 0 Å². The van der Waals surface area contributed by atoms with Gasteiger partial charge in [-0.25, -0.2) is 0 Å². The van der Waals surface area contributed by atoms with E-state index in [1.54, 1.807) is 19.2 Å². The molecule has 166 valence electrons. The molecule has 7 nitrogen and oxygen atoms in total. The number of thioether (sulfide) groups is 1. The van der Waals surface area contributed by atoms with Crippen LogP contribution < -0.4 is 25.0 Å². The molecule has 3 rings (SSSR count). The minimum absolute atomic E-state index is 0.116. The largest absolute Gasteiger partial charge is 0.492 e. The summed E-state index contributed by atoms with van der Waals surface area (Å²) in [6.45, 7) is 1.20. The van der Waals surface area contributed by atoms with E-state index in [9.17, 15) is 14.7 Å². The predicted octanol–water partition coefficient (Wildman–Crippen LogP) is 3.08. The summed E-state index contributed by atoms with van der Waals surface area (Å²) in [5, 5.41) is 13.2. The zero-order valence-corrected chi connectivity index (χ0v) is 19.1. The lowest BCUT2D eigenvalue weighted by atomic mass is 9.91. The summed E-state index contributed by atoms with van der Waals surface area (Å²) in [6.07, 6.45) is 2.93. The average Bonchev–Trinajstić information content (AvgIpc) is 3.00. The maximum Gasteiger partial charge on any atom is 0.217 e. The number of benzene rings is 1. The van der Waals surface area contributed by atoms with Crippen LogP contribution in [-0.2, 0) is 17.8 Å². The number of ether oxygens (including phenoxy) is 3. The molecular formula is C23H27NO6S. The molecular weight excluding hydrogens is 418 g/mol. The molecule has 31 heavy (non-hydrogen) atoms. The van der Waals surface area contributed by atoms with Crippen molar-refractivity contribution in [2.75, 3.05) is 27.6 Å². The maximum absolute atomic E-state index is 12.8. The van der Waals surface area contributed by atoms with E-state index in [0.717, 1.165) is 16.7 Å². The highest BCUT2D eigenvalue weighted by Crippen LogP contribution is 2.52. The van der Waals surface area contributed by atoms with Crippen molar-refractivity contribution < 1.29 is 24.1 Å². The van der Waals surface area contributed by atoms with Gasteiger partial charge in [0.25, 0.3) is 0 Å². The van der Waals surface area contributed by atoms with E-state index in [1.807, 2.05) is 12.3 Å². The molecule has 0 aromatic heterocycles. The maximum atomic E-state index is 12.8. The summed E-state index contributed by atoms with van der Waals surface area (Å²) in [5.41, 5.74) is 3.51. The lowest BCUT2D eigenvalue weighted by molar-refractivity contribution is -0.119. The lowest BCUT2D eigenvalue weighted by Crippen LogP contribution is -2.26. The van der Waals surface area contributed by atoms with Gasteiger partial charge < -0.3 is 24.6 Å². The van der Waals surface area contributed by atoms with Crippen molar-refractivity contribution in [1.29, 1.82) is 0 Å². The predicted molar refractivity (Wildman–Crippen MR) is 120 cm³/mol. The van der Waals surface area contributed by atoms with E-state index in [2.05, 4.69) is 5.32 Å². The van der Waals surface area contributed by atoms with E-state index in [4.69, 9.17) is 14.2 Å². The molecule has 0 heterocycles. The van der Waals surface area contributed by atoms with Crippen LogP contribution >= 0.6 is 11.8 Å². The van der Waals surface area contributed by atoms with Gasteiger partial charge in [-0.15, -0.1) is 11.8 Å². The van der Waals surface area contributed by atoms with Gasteiger partial charge in [0.15, 0.2) is 16.9 Å². The number of nitrogens with one attached hydrogen (secondary N) is 1. The molecule has 8 heteroatoms. The molecule has 2 N–H and O–H groups in total. The Morgan fingerprint density at radius 1 is 1.16 bits per heavy atom. The van der Waals surface area contributed by atoms with Crippen LogP contribution in [0.5, 0.6) is 17.2 Å². The van der Waals surface area contributed by atoms with Gasteiger partial charge in [0, 0.05) is 18.1 Å². The van der Waals surface area contributed by atoms with Crippen LogP contribution in [0.1, 0.15) is 36.1 Å². The van der Waals surface area contributed by atoms with Gasteiger partial charge in [0.1, 0.15) is 0 Å². The Labute approximate surface area is 185 Å². The molecule has 2 aromatic rings. The smallest absolute Gasteiger partial charge is 0.217 e. The van der Waals surface area contributed by atoms with Crippen LogP contribution in [0, 0.1) is 0 Å². The van der Waals surface area contributed by atoms with E-state index < -0.39 is 0 Å². The Balaban J connectivity index is 2.50. The fraction of sp³-hybridized carbons (Fsp3) is 0.391. The molecule has 0 radical (unpaired) electrons. The Bertz CT molecular complexity index is 1070. The number of aliphatic hydroxyl groups excluding tert-OH is 1. The summed E-state index contributed by atoms with van der Waals surface area (Å²) in [4.78, 5) is 25.4. The first kappa shape index (κ1) is 23.0. The minimum Gasteiger partial charge on any atom is -0.492 e. The van der Waals surface area contributed by atoms with Gasteiger partial charge in [-0.3, -0.25) is 9.59 Å². The van der Waals surface area contributed by atoms with Crippen LogP contribution in [-0.4, -0.2) is 38.6 Å². The van der Waals surface area contributed by atoms with Crippen LogP contribution in [0.4, 0.5) is 0 Å². The van der Waals surface area contributed by atoms with Crippen LogP contribution in [0.3, 0.4) is 0 Å². The second-order valence-corrected chi connectivity index (χ2v) is 8.01. The second kappa shape index (κ2) is 9.62. The number of carbonyl (C=O) groups is 1. The Kier molecular flexibility index (Phi) is 7.12. The first-order valence-electron chi connectivity index (χ1n) is 9.85. The van der Waals surface area contributed by atoms with E-state index in [-0.39, 0.29) is 24.0 Å². The molecule has 1 aliphatic rings. The highest BCUT2D eigenvalue weighted by Gasteiger charge is 2.32. The van der Waals surface area contributed by atoms with Crippen molar-refractivity contribution in [3.63, 3.8) is 0 Å². The fourth-order valence-corrected chi connectivity index (χ4v) is 4.72. The number of fused-ring (bicyclic) bond motifs is 3. The molecule has 0 saturated heterocycles. The molecule has 1 atom stereocenters. The van der Waals surface area contributed by atoms with Crippen molar-refractivity contribution in [2.45, 2.75) is 37.3 Å². The lowest BCUT2D eigenvalue weighted by Gasteiger charge is -2.22. The quantitative estimate of drug-likeness (QED) is 0.660. The first-order valence-corrected chi connectivity index (χ1v) is 11.1. The number of rotatable bonds is 6. The van der Waals surface area contributed by atoms with Gasteiger partial charge in [0.2, 0.25) is 11.7 Å². The molecule has 1 aliphatic carbocycles. The van der Waals surface area contributed by atoms with Crippen molar-refractivity contribution >= 4 is 17.7 Å². The van der Waals surface area contributed by atoms with E-state index in [0.29, 0.717) is 46.1 Å². The number of amides is 1. The first-order chi connectivity index (χ1) is 14.9. The summed E-state index contributed by atoms with van der Waals surface area (Å²) in [5.74, 6) is 1.06. The summed E-state index contributed by atoms with van der Waals surface area (Å²) in [7, 11) is 4.57. The standard InChI is InChI=1S/C23H27NO6S/c1-12(26)24-17-8-6-14-16(11-25)21(28-2)23(30-4)22(29-3)20(14)13-7-9-19(31-5)18(27)10-15(13)17/h7,9-10,17,25H,6,8,11H2,1-5H3,(H,24,26)/t17-/m1/s1. The molecule has 0 bridgehead atoms. The zero-order valence-electron chi connectivity index (χ0n) is 18.3. The Morgan fingerprint density at radius 3 is 2.39 bits per heavy atom. The van der Waals surface area contributed by atoms with Crippen LogP contribution in [0.25, 0.3) is 11.1 Å². The van der Waals surface area contributed by atoms with Crippen LogP contribution in [0.15, 0.2) is 27.9 Å². The molecule has 0 unspecified atom stereocenters. The van der Waals surface area contributed by atoms with E-state index in [1.165, 1.54) is 32.9 Å². The Hall–Kier alpha value is -2.71. The van der Waals surface area contributed by atoms with Gasteiger partial charge in [-0.05, 0) is 47.9 Å². The summed E-state index contributed by atoms with van der Waals surface area (Å²) >= 11 is 1.36. The molecule has 1 amide bonds. The van der Waals surface area contributed by atoms with Crippen molar-refractivity contribution in [1.82, 2.24) is 5.32 Å². The molecule has 0 aliphatic heterocycles. The molecule has 0 fully saturated rings. The monoisotopic (exact) mass is 445 g/mol. The number of hydrogen-bond donors (Lipinski definition) is 2. The Morgan fingerprint density at radius 2 is 1.84 bits per heavy atom. The van der Waals surface area contributed by atoms with Crippen molar-refractivity contribution in [3.05, 3.63) is 45.1 Å². The average molecular weight is 446 g/mol. The number of hydrogen-bond acceptors (Lipinski definition) is 7. The van der Waals surface area contributed by atoms with Crippen LogP contribution in [0.2, 0.25) is 0 Å². The summed E-state index contributed by atoms with van der Waals surface area (Å²) < 4.78 is 16.9. The third-order valence-corrected chi connectivity index (χ3v) is 6.29. The van der Waals surface area contributed by atoms with Gasteiger partial charge >= 0.3 is 0 Å². The third kappa shape index (κ3) is 4.09. The normalized spacial score (nSPS) is 14.7. The topological polar surface area (TPSA) is 94.1 Å². The second-order valence-electron chi connectivity index (χ2n) is 7.16.